The third kappa shape index (κ3) is 13.3. The Bertz CT molecular complexity index is 1220. The highest BCUT2D eigenvalue weighted by atomic mass is 35.5. The Balaban J connectivity index is 0.000000264. The lowest BCUT2D eigenvalue weighted by Crippen LogP contribution is -2.00. The molecule has 0 fully saturated rings. The van der Waals surface area contributed by atoms with Crippen LogP contribution in [0.3, 0.4) is 0 Å². The van der Waals surface area contributed by atoms with Crippen LogP contribution in [0.1, 0.15) is 42.0 Å². The summed E-state index contributed by atoms with van der Waals surface area (Å²) in [4.78, 5) is 0. The lowest BCUT2D eigenvalue weighted by molar-refractivity contribution is 0.201. The van der Waals surface area contributed by atoms with E-state index in [1.165, 1.54) is 0 Å². The van der Waals surface area contributed by atoms with Gasteiger partial charge in [-0.2, -0.15) is 0 Å². The fraction of sp³-hybridized carbons (Fsp3) is 0.250. The molecule has 0 saturated carbocycles. The van der Waals surface area contributed by atoms with Crippen molar-refractivity contribution in [2.75, 3.05) is 13.2 Å². The second-order valence-corrected chi connectivity index (χ2v) is 9.71. The summed E-state index contributed by atoms with van der Waals surface area (Å²) in [6, 6.07) is 25.0. The van der Waals surface area contributed by atoms with Gasteiger partial charge in [0.1, 0.15) is 29.6 Å². The van der Waals surface area contributed by atoms with Crippen LogP contribution in [0.25, 0.3) is 0 Å². The minimum atomic E-state index is 0.0644. The zero-order chi connectivity index (χ0) is 29.4. The minimum Gasteiger partial charge on any atom is -0.508 e. The lowest BCUT2D eigenvalue weighted by atomic mass is 10.0. The summed E-state index contributed by atoms with van der Waals surface area (Å²) in [5, 5.41) is 37.1. The summed E-state index contributed by atoms with van der Waals surface area (Å²) in [5.41, 5.74) is 3.66. The van der Waals surface area contributed by atoms with Gasteiger partial charge in [0.15, 0.2) is 0 Å². The summed E-state index contributed by atoms with van der Waals surface area (Å²) >= 11 is 11.8. The Morgan fingerprint density at radius 2 is 1.21 bits per heavy atom. The van der Waals surface area contributed by atoms with Gasteiger partial charge in [-0.3, -0.25) is 0 Å². The number of para-hydroxylation sites is 2. The molecule has 5 nitrogen and oxygen atoms in total. The summed E-state index contributed by atoms with van der Waals surface area (Å²) in [5.74, 6) is 2.05. The van der Waals surface area contributed by atoms with Gasteiger partial charge in [-0.15, -0.1) is 0 Å². The van der Waals surface area contributed by atoms with Crippen molar-refractivity contribution in [2.24, 2.45) is 0 Å². The molecule has 7 heteroatoms. The topological polar surface area (TPSA) is 90.2 Å². The zero-order valence-corrected chi connectivity index (χ0v) is 24.5. The number of halogens is 2. The van der Waals surface area contributed by atoms with Gasteiger partial charge in [0.05, 0.1) is 6.61 Å². The smallest absolute Gasteiger partial charge is 0.119 e. The number of rotatable bonds is 4. The number of hydrogen-bond acceptors (Lipinski definition) is 5. The Kier molecular flexibility index (Phi) is 15.5. The largest absolute Gasteiger partial charge is 0.508 e. The molecule has 0 aromatic heterocycles. The van der Waals surface area contributed by atoms with Gasteiger partial charge in [-0.05, 0) is 97.5 Å². The number of hydrogen-bond donors (Lipinski definition) is 4. The fourth-order valence-electron chi connectivity index (χ4n) is 3.18. The predicted molar refractivity (Wildman–Crippen MR) is 162 cm³/mol. The van der Waals surface area contributed by atoms with E-state index in [9.17, 15) is 5.11 Å². The zero-order valence-electron chi connectivity index (χ0n) is 23.0. The minimum absolute atomic E-state index is 0.0644. The molecule has 0 spiro atoms. The SMILES string of the molecule is Cc1cc(O)c(C(C)C)cc1Cl.Cc1cc(O)cc(C)c1Cl.OCCOc1ccccc1.Oc1ccccc1. The molecule has 39 heavy (non-hydrogen) atoms. The number of phenolic OH excluding ortho intramolecular Hbond substituents is 3. The number of ether oxygens (including phenoxy) is 1. The third-order valence-electron chi connectivity index (χ3n) is 5.21. The van der Waals surface area contributed by atoms with E-state index < -0.39 is 0 Å². The van der Waals surface area contributed by atoms with Crippen molar-refractivity contribution >= 4 is 23.2 Å². The Labute approximate surface area is 241 Å². The van der Waals surface area contributed by atoms with Crippen LogP contribution in [-0.4, -0.2) is 33.6 Å². The molecular formula is C32H38Cl2O5. The molecule has 0 aliphatic rings. The molecule has 0 unspecified atom stereocenters. The van der Waals surface area contributed by atoms with Crippen molar-refractivity contribution in [1.29, 1.82) is 0 Å². The molecule has 4 aromatic rings. The number of aryl methyl sites for hydroxylation is 3. The molecule has 0 aliphatic carbocycles. The fourth-order valence-corrected chi connectivity index (χ4v) is 3.46. The van der Waals surface area contributed by atoms with Gasteiger partial charge in [0.2, 0.25) is 0 Å². The average molecular weight is 574 g/mol. The second-order valence-electron chi connectivity index (χ2n) is 8.93. The monoisotopic (exact) mass is 572 g/mol. The van der Waals surface area contributed by atoms with E-state index in [1.807, 2.05) is 77.1 Å². The van der Waals surface area contributed by atoms with Crippen LogP contribution in [0.5, 0.6) is 23.0 Å². The van der Waals surface area contributed by atoms with Crippen LogP contribution in [0.15, 0.2) is 84.9 Å². The van der Waals surface area contributed by atoms with Gasteiger partial charge in [0, 0.05) is 10.0 Å². The van der Waals surface area contributed by atoms with Crippen LogP contribution < -0.4 is 4.74 Å². The average Bonchev–Trinajstić information content (AvgIpc) is 2.90. The summed E-state index contributed by atoms with van der Waals surface area (Å²) in [6.45, 7) is 10.1. The van der Waals surface area contributed by atoms with Crippen molar-refractivity contribution in [1.82, 2.24) is 0 Å². The normalized spacial score (nSPS) is 9.77. The highest BCUT2D eigenvalue weighted by Crippen LogP contribution is 2.30. The van der Waals surface area contributed by atoms with E-state index in [0.29, 0.717) is 24.0 Å². The van der Waals surface area contributed by atoms with Crippen molar-refractivity contribution < 1.29 is 25.2 Å². The molecule has 0 amide bonds. The predicted octanol–water partition coefficient (Wildman–Crippen LogP) is 8.59. The molecule has 0 radical (unpaired) electrons. The highest BCUT2D eigenvalue weighted by molar-refractivity contribution is 6.32. The first-order chi connectivity index (χ1) is 18.5. The van der Waals surface area contributed by atoms with Crippen LogP contribution in [0.2, 0.25) is 10.0 Å². The number of aromatic hydroxyl groups is 3. The van der Waals surface area contributed by atoms with Crippen LogP contribution in [0, 0.1) is 20.8 Å². The second kappa shape index (κ2) is 18.0. The lowest BCUT2D eigenvalue weighted by Gasteiger charge is -2.09. The first kappa shape index (κ1) is 33.6. The van der Waals surface area contributed by atoms with E-state index in [4.69, 9.17) is 43.3 Å². The van der Waals surface area contributed by atoms with Crippen molar-refractivity contribution in [2.45, 2.75) is 40.5 Å². The molecule has 0 saturated heterocycles. The van der Waals surface area contributed by atoms with Crippen molar-refractivity contribution in [3.8, 4) is 23.0 Å². The maximum absolute atomic E-state index is 9.53. The van der Waals surface area contributed by atoms with Crippen LogP contribution in [0.4, 0.5) is 0 Å². The molecule has 4 aromatic carbocycles. The number of aliphatic hydroxyl groups is 1. The van der Waals surface area contributed by atoms with Crippen molar-refractivity contribution in [3.63, 3.8) is 0 Å². The highest BCUT2D eigenvalue weighted by Gasteiger charge is 2.08. The van der Waals surface area contributed by atoms with E-state index >= 15 is 0 Å². The van der Waals surface area contributed by atoms with Gasteiger partial charge >= 0.3 is 0 Å². The molecular weight excluding hydrogens is 535 g/mol. The molecule has 4 rings (SSSR count). The molecule has 0 aliphatic heterocycles. The number of phenols is 3. The van der Waals surface area contributed by atoms with Gasteiger partial charge < -0.3 is 25.2 Å². The summed E-state index contributed by atoms with van der Waals surface area (Å²) in [7, 11) is 0. The third-order valence-corrected chi connectivity index (χ3v) is 6.21. The maximum atomic E-state index is 9.53. The number of benzene rings is 4. The molecule has 4 N–H and O–H groups in total. The van der Waals surface area contributed by atoms with Gasteiger partial charge in [-0.25, -0.2) is 0 Å². The van der Waals surface area contributed by atoms with E-state index in [2.05, 4.69) is 0 Å². The van der Waals surface area contributed by atoms with Gasteiger partial charge in [-0.1, -0.05) is 73.4 Å². The van der Waals surface area contributed by atoms with Crippen molar-refractivity contribution in [3.05, 3.63) is 117 Å². The maximum Gasteiger partial charge on any atom is 0.119 e. The first-order valence-electron chi connectivity index (χ1n) is 12.4. The van der Waals surface area contributed by atoms with E-state index in [0.717, 1.165) is 38.0 Å². The van der Waals surface area contributed by atoms with Crippen LogP contribution >= 0.6 is 23.2 Å². The molecule has 0 bridgehead atoms. The summed E-state index contributed by atoms with van der Waals surface area (Å²) < 4.78 is 5.11. The quantitative estimate of drug-likeness (QED) is 0.196. The molecule has 0 atom stereocenters. The Morgan fingerprint density at radius 1 is 0.692 bits per heavy atom. The standard InChI is InChI=1S/C10H13ClO.C8H9ClO.C8H10O2.C6H6O/c1-6(2)8-5-9(11)7(3)4-10(8)12;1-5-3-7(10)4-6(2)8(5)9;9-6-7-10-8-4-2-1-3-5-8;7-6-4-2-1-3-5-6/h4-6,12H,1-3H3;3-4,10H,1-2H3;1-5,9H,6-7H2;1-5,7H. The molecule has 0 heterocycles. The Morgan fingerprint density at radius 3 is 1.64 bits per heavy atom. The van der Waals surface area contributed by atoms with Gasteiger partial charge in [0.25, 0.3) is 0 Å². The van der Waals surface area contributed by atoms with E-state index in [1.54, 1.807) is 42.5 Å². The molecule has 210 valence electrons. The summed E-state index contributed by atoms with van der Waals surface area (Å²) in [6.07, 6.45) is 0. The van der Waals surface area contributed by atoms with E-state index in [-0.39, 0.29) is 12.4 Å². The first-order valence-corrected chi connectivity index (χ1v) is 13.2. The number of aliphatic hydroxyl groups excluding tert-OH is 1. The Hall–Kier alpha value is -3.38. The van der Waals surface area contributed by atoms with Crippen LogP contribution in [-0.2, 0) is 0 Å².